The number of hydrogen-bond acceptors (Lipinski definition) is 4. The van der Waals surface area contributed by atoms with Gasteiger partial charge in [0, 0.05) is 31.7 Å². The molecule has 1 unspecified atom stereocenters. The summed E-state index contributed by atoms with van der Waals surface area (Å²) in [6, 6.07) is 11.0. The topological polar surface area (TPSA) is 33.7 Å². The Labute approximate surface area is 122 Å². The maximum Gasteiger partial charge on any atom is 0.119 e. The number of ether oxygens (including phenoxy) is 2. The van der Waals surface area contributed by atoms with Crippen molar-refractivity contribution in [1.82, 2.24) is 10.2 Å². The molecule has 1 heterocycles. The van der Waals surface area contributed by atoms with Gasteiger partial charge in [0.1, 0.15) is 12.4 Å². The molecule has 4 nitrogen and oxygen atoms in total. The molecule has 4 heteroatoms. The molecule has 1 aliphatic rings. The Balaban J connectivity index is 1.74. The van der Waals surface area contributed by atoms with Gasteiger partial charge >= 0.3 is 0 Å². The fraction of sp³-hybridized carbons (Fsp3) is 0.625. The lowest BCUT2D eigenvalue weighted by molar-refractivity contribution is -0.0120. The maximum absolute atomic E-state index is 5.78. The second-order valence-corrected chi connectivity index (χ2v) is 5.49. The molecular weight excluding hydrogens is 252 g/mol. The molecule has 1 N–H and O–H groups in total. The van der Waals surface area contributed by atoms with Crippen LogP contribution in [0.25, 0.3) is 0 Å². The van der Waals surface area contributed by atoms with Gasteiger partial charge in [-0.3, -0.25) is 4.90 Å². The smallest absolute Gasteiger partial charge is 0.119 e. The first-order valence-corrected chi connectivity index (χ1v) is 7.48. The monoisotopic (exact) mass is 278 g/mol. The van der Waals surface area contributed by atoms with Crippen LogP contribution in [0.15, 0.2) is 30.3 Å². The van der Waals surface area contributed by atoms with Crippen LogP contribution < -0.4 is 10.1 Å². The Morgan fingerprint density at radius 3 is 2.90 bits per heavy atom. The van der Waals surface area contributed by atoms with Gasteiger partial charge in [-0.05, 0) is 12.1 Å². The normalized spacial score (nSPS) is 20.2. The SMILES string of the molecule is CC(C)NCC1COCCN1CCOc1ccccc1. The van der Waals surface area contributed by atoms with Crippen molar-refractivity contribution in [2.24, 2.45) is 0 Å². The van der Waals surface area contributed by atoms with Gasteiger partial charge in [0.25, 0.3) is 0 Å². The van der Waals surface area contributed by atoms with E-state index in [1.54, 1.807) is 0 Å². The van der Waals surface area contributed by atoms with Crippen molar-refractivity contribution in [1.29, 1.82) is 0 Å². The van der Waals surface area contributed by atoms with E-state index in [-0.39, 0.29) is 0 Å². The van der Waals surface area contributed by atoms with Crippen molar-refractivity contribution in [3.05, 3.63) is 30.3 Å². The fourth-order valence-electron chi connectivity index (χ4n) is 2.34. The van der Waals surface area contributed by atoms with Crippen molar-refractivity contribution < 1.29 is 9.47 Å². The van der Waals surface area contributed by atoms with Gasteiger partial charge in [0.05, 0.1) is 13.2 Å². The zero-order valence-electron chi connectivity index (χ0n) is 12.5. The Hall–Kier alpha value is -1.10. The lowest BCUT2D eigenvalue weighted by atomic mass is 10.2. The summed E-state index contributed by atoms with van der Waals surface area (Å²) in [6.07, 6.45) is 0. The van der Waals surface area contributed by atoms with Gasteiger partial charge in [-0.15, -0.1) is 0 Å². The van der Waals surface area contributed by atoms with Gasteiger partial charge in [-0.25, -0.2) is 0 Å². The van der Waals surface area contributed by atoms with E-state index >= 15 is 0 Å². The highest BCUT2D eigenvalue weighted by Gasteiger charge is 2.22. The third kappa shape index (κ3) is 5.12. The number of benzene rings is 1. The van der Waals surface area contributed by atoms with Gasteiger partial charge in [-0.1, -0.05) is 32.0 Å². The molecule has 112 valence electrons. The molecule has 1 fully saturated rings. The van der Waals surface area contributed by atoms with E-state index in [0.29, 0.717) is 12.1 Å². The average Bonchev–Trinajstić information content (AvgIpc) is 2.47. The molecule has 1 aliphatic heterocycles. The fourth-order valence-corrected chi connectivity index (χ4v) is 2.34. The summed E-state index contributed by atoms with van der Waals surface area (Å²) in [5, 5.41) is 3.49. The van der Waals surface area contributed by atoms with Crippen LogP contribution in [0.1, 0.15) is 13.8 Å². The van der Waals surface area contributed by atoms with Gasteiger partial charge in [-0.2, -0.15) is 0 Å². The summed E-state index contributed by atoms with van der Waals surface area (Å²) in [6.45, 7) is 9.62. The molecule has 1 saturated heterocycles. The Bertz CT molecular complexity index is 370. The van der Waals surface area contributed by atoms with E-state index in [1.807, 2.05) is 30.3 Å². The molecule has 1 aromatic rings. The van der Waals surface area contributed by atoms with Crippen LogP contribution >= 0.6 is 0 Å². The molecular formula is C16H26N2O2. The maximum atomic E-state index is 5.78. The van der Waals surface area contributed by atoms with Crippen molar-refractivity contribution in [3.63, 3.8) is 0 Å². The lowest BCUT2D eigenvalue weighted by Crippen LogP contribution is -2.52. The zero-order chi connectivity index (χ0) is 14.2. The van der Waals surface area contributed by atoms with Gasteiger partial charge in [0.15, 0.2) is 0 Å². The van der Waals surface area contributed by atoms with E-state index in [9.17, 15) is 0 Å². The number of nitrogens with one attached hydrogen (secondary N) is 1. The Kier molecular flexibility index (Phi) is 6.30. The summed E-state index contributed by atoms with van der Waals surface area (Å²) < 4.78 is 11.4. The molecule has 20 heavy (non-hydrogen) atoms. The highest BCUT2D eigenvalue weighted by molar-refractivity contribution is 5.20. The number of para-hydroxylation sites is 1. The van der Waals surface area contributed by atoms with Crippen molar-refractivity contribution in [2.45, 2.75) is 25.9 Å². The first-order chi connectivity index (χ1) is 9.75. The first-order valence-electron chi connectivity index (χ1n) is 7.48. The molecule has 0 bridgehead atoms. The molecule has 1 atom stereocenters. The second kappa shape index (κ2) is 8.25. The highest BCUT2D eigenvalue weighted by atomic mass is 16.5. The van der Waals surface area contributed by atoms with E-state index < -0.39 is 0 Å². The number of rotatable bonds is 7. The van der Waals surface area contributed by atoms with Crippen LogP contribution in [-0.4, -0.2) is 56.4 Å². The molecule has 1 aromatic carbocycles. The Morgan fingerprint density at radius 1 is 1.35 bits per heavy atom. The van der Waals surface area contributed by atoms with Crippen LogP contribution in [0.4, 0.5) is 0 Å². The third-order valence-corrected chi connectivity index (χ3v) is 3.50. The van der Waals surface area contributed by atoms with Crippen LogP contribution in [0.5, 0.6) is 5.75 Å². The first kappa shape index (κ1) is 15.3. The van der Waals surface area contributed by atoms with Crippen LogP contribution in [0.3, 0.4) is 0 Å². The third-order valence-electron chi connectivity index (χ3n) is 3.50. The summed E-state index contributed by atoms with van der Waals surface area (Å²) in [4.78, 5) is 2.46. The van der Waals surface area contributed by atoms with Crippen molar-refractivity contribution in [2.75, 3.05) is 39.5 Å². The number of nitrogens with zero attached hydrogens (tertiary/aromatic N) is 1. The zero-order valence-corrected chi connectivity index (χ0v) is 12.5. The van der Waals surface area contributed by atoms with Crippen molar-refractivity contribution >= 4 is 0 Å². The summed E-state index contributed by atoms with van der Waals surface area (Å²) in [5.41, 5.74) is 0. The Morgan fingerprint density at radius 2 is 2.15 bits per heavy atom. The van der Waals surface area contributed by atoms with Crippen LogP contribution in [0.2, 0.25) is 0 Å². The summed E-state index contributed by atoms with van der Waals surface area (Å²) >= 11 is 0. The minimum Gasteiger partial charge on any atom is -0.492 e. The molecule has 0 spiro atoms. The second-order valence-electron chi connectivity index (χ2n) is 5.49. The average molecular weight is 278 g/mol. The lowest BCUT2D eigenvalue weighted by Gasteiger charge is -2.36. The van der Waals surface area contributed by atoms with E-state index in [4.69, 9.17) is 9.47 Å². The predicted molar refractivity (Wildman–Crippen MR) is 81.3 cm³/mol. The molecule has 0 amide bonds. The van der Waals surface area contributed by atoms with Gasteiger partial charge < -0.3 is 14.8 Å². The quantitative estimate of drug-likeness (QED) is 0.824. The molecule has 0 aromatic heterocycles. The standard InChI is InChI=1S/C16H26N2O2/c1-14(2)17-12-15-13-19-10-8-18(15)9-11-20-16-6-4-3-5-7-16/h3-7,14-15,17H,8-13H2,1-2H3. The van der Waals surface area contributed by atoms with E-state index in [2.05, 4.69) is 24.1 Å². The summed E-state index contributed by atoms with van der Waals surface area (Å²) in [7, 11) is 0. The van der Waals surface area contributed by atoms with Crippen LogP contribution in [-0.2, 0) is 4.74 Å². The minimum absolute atomic E-state index is 0.450. The van der Waals surface area contributed by atoms with E-state index in [1.165, 1.54) is 0 Å². The van der Waals surface area contributed by atoms with E-state index in [0.717, 1.165) is 45.2 Å². The number of hydrogen-bond donors (Lipinski definition) is 1. The van der Waals surface area contributed by atoms with Crippen LogP contribution in [0, 0.1) is 0 Å². The molecule has 2 rings (SSSR count). The molecule has 0 saturated carbocycles. The number of morpholine rings is 1. The largest absolute Gasteiger partial charge is 0.492 e. The summed E-state index contributed by atoms with van der Waals surface area (Å²) in [5.74, 6) is 0.942. The molecule has 0 radical (unpaired) electrons. The molecule has 0 aliphatic carbocycles. The predicted octanol–water partition coefficient (Wildman–Crippen LogP) is 1.76. The minimum atomic E-state index is 0.450. The highest BCUT2D eigenvalue weighted by Crippen LogP contribution is 2.10. The van der Waals surface area contributed by atoms with Gasteiger partial charge in [0.2, 0.25) is 0 Å². The van der Waals surface area contributed by atoms with Crippen molar-refractivity contribution in [3.8, 4) is 5.75 Å².